The monoisotopic (exact) mass is 435 g/mol. The van der Waals surface area contributed by atoms with Crippen LogP contribution in [0.1, 0.15) is 38.2 Å². The summed E-state index contributed by atoms with van der Waals surface area (Å²) in [6.07, 6.45) is 7.69. The molecule has 0 unspecified atom stereocenters. The largest absolute Gasteiger partial charge is 0.492 e. The van der Waals surface area contributed by atoms with Gasteiger partial charge >= 0.3 is 0 Å². The summed E-state index contributed by atoms with van der Waals surface area (Å²) in [4.78, 5) is 0. The van der Waals surface area contributed by atoms with Gasteiger partial charge < -0.3 is 10.1 Å². The van der Waals surface area contributed by atoms with Gasteiger partial charge in [-0.15, -0.1) is 0 Å². The quantitative estimate of drug-likeness (QED) is 0.620. The van der Waals surface area contributed by atoms with Crippen molar-refractivity contribution in [3.63, 3.8) is 0 Å². The van der Waals surface area contributed by atoms with Gasteiger partial charge in [-0.1, -0.05) is 12.8 Å². The number of rotatable bonds is 7. The lowest BCUT2D eigenvalue weighted by molar-refractivity contribution is 0.336. The molecule has 0 atom stereocenters. The summed E-state index contributed by atoms with van der Waals surface area (Å²) >= 11 is 9.22. The molecule has 1 aromatic rings. The molecule has 1 fully saturated rings. The topological polar surface area (TPSA) is 21.3 Å². The fraction of sp³-hybridized carbons (Fsp3) is 0.625. The standard InChI is InChI=1S/C16H23Br2NOS/c1-3-20-15-13(17)8-12(9-14(15)18)10-19-11-16(21-2)6-4-5-7-16/h8-9,19H,3-7,10-11H2,1-2H3. The van der Waals surface area contributed by atoms with Gasteiger partial charge in [0.1, 0.15) is 5.75 Å². The SMILES string of the molecule is CCOc1c(Br)cc(CNCC2(SC)CCCC2)cc1Br. The minimum Gasteiger partial charge on any atom is -0.492 e. The van der Waals surface area contributed by atoms with Gasteiger partial charge in [-0.2, -0.15) is 11.8 Å². The van der Waals surface area contributed by atoms with Crippen molar-refractivity contribution in [2.75, 3.05) is 19.4 Å². The molecule has 0 radical (unpaired) electrons. The van der Waals surface area contributed by atoms with E-state index in [4.69, 9.17) is 4.74 Å². The van der Waals surface area contributed by atoms with Crippen molar-refractivity contribution < 1.29 is 4.74 Å². The first-order chi connectivity index (χ1) is 10.1. The molecule has 1 aliphatic carbocycles. The van der Waals surface area contributed by atoms with Gasteiger partial charge in [0.25, 0.3) is 0 Å². The number of halogens is 2. The van der Waals surface area contributed by atoms with Crippen LogP contribution in [0.25, 0.3) is 0 Å². The molecule has 5 heteroatoms. The average molecular weight is 437 g/mol. The van der Waals surface area contributed by atoms with Crippen LogP contribution >= 0.6 is 43.6 Å². The van der Waals surface area contributed by atoms with E-state index in [1.165, 1.54) is 31.2 Å². The average Bonchev–Trinajstić information content (AvgIpc) is 2.92. The number of nitrogens with one attached hydrogen (secondary N) is 1. The maximum Gasteiger partial charge on any atom is 0.147 e. The lowest BCUT2D eigenvalue weighted by Crippen LogP contribution is -2.34. The molecule has 0 aromatic heterocycles. The Labute approximate surface area is 149 Å². The van der Waals surface area contributed by atoms with Crippen LogP contribution in [-0.2, 0) is 6.54 Å². The van der Waals surface area contributed by atoms with E-state index in [0.29, 0.717) is 11.4 Å². The molecular formula is C16H23Br2NOS. The van der Waals surface area contributed by atoms with E-state index >= 15 is 0 Å². The molecule has 0 amide bonds. The molecule has 0 aliphatic heterocycles. The maximum absolute atomic E-state index is 5.62. The second-order valence-corrected chi connectivity index (χ2v) is 8.50. The molecule has 118 valence electrons. The molecule has 0 heterocycles. The summed E-state index contributed by atoms with van der Waals surface area (Å²) in [5.74, 6) is 0.887. The first-order valence-corrected chi connectivity index (χ1v) is 10.3. The maximum atomic E-state index is 5.62. The van der Waals surface area contributed by atoms with Crippen molar-refractivity contribution in [3.8, 4) is 5.75 Å². The summed E-state index contributed by atoms with van der Waals surface area (Å²) in [5.41, 5.74) is 1.27. The van der Waals surface area contributed by atoms with E-state index in [0.717, 1.165) is 27.8 Å². The van der Waals surface area contributed by atoms with Crippen LogP contribution in [0.2, 0.25) is 0 Å². The molecule has 0 spiro atoms. The molecule has 0 saturated heterocycles. The van der Waals surface area contributed by atoms with Crippen LogP contribution in [0, 0.1) is 0 Å². The number of benzene rings is 1. The van der Waals surface area contributed by atoms with E-state index in [2.05, 4.69) is 55.6 Å². The van der Waals surface area contributed by atoms with Gasteiger partial charge in [-0.25, -0.2) is 0 Å². The zero-order valence-electron chi connectivity index (χ0n) is 12.7. The Hall–Kier alpha value is 0.290. The van der Waals surface area contributed by atoms with Crippen molar-refractivity contribution >= 4 is 43.6 Å². The van der Waals surface area contributed by atoms with Gasteiger partial charge in [-0.3, -0.25) is 0 Å². The van der Waals surface area contributed by atoms with Crippen LogP contribution in [0.3, 0.4) is 0 Å². The lowest BCUT2D eigenvalue weighted by atomic mass is 10.1. The smallest absolute Gasteiger partial charge is 0.147 e. The molecule has 1 aromatic carbocycles. The Morgan fingerprint density at radius 2 is 1.86 bits per heavy atom. The zero-order valence-corrected chi connectivity index (χ0v) is 16.7. The van der Waals surface area contributed by atoms with E-state index in [9.17, 15) is 0 Å². The Morgan fingerprint density at radius 3 is 2.38 bits per heavy atom. The van der Waals surface area contributed by atoms with Crippen molar-refractivity contribution in [1.82, 2.24) is 5.32 Å². The number of hydrogen-bond acceptors (Lipinski definition) is 3. The predicted molar refractivity (Wildman–Crippen MR) is 99.4 cm³/mol. The molecule has 0 bridgehead atoms. The summed E-state index contributed by atoms with van der Waals surface area (Å²) in [5, 5.41) is 3.64. The summed E-state index contributed by atoms with van der Waals surface area (Å²) in [6.45, 7) is 4.66. The highest BCUT2D eigenvalue weighted by atomic mass is 79.9. The molecule has 2 nitrogen and oxygen atoms in total. The molecule has 21 heavy (non-hydrogen) atoms. The second kappa shape index (κ2) is 8.23. The number of ether oxygens (including phenoxy) is 1. The van der Waals surface area contributed by atoms with Crippen LogP contribution in [-0.4, -0.2) is 24.2 Å². The van der Waals surface area contributed by atoms with E-state index < -0.39 is 0 Å². The molecule has 2 rings (SSSR count). The van der Waals surface area contributed by atoms with Crippen LogP contribution < -0.4 is 10.1 Å². The van der Waals surface area contributed by atoms with E-state index in [-0.39, 0.29) is 0 Å². The minimum atomic E-state index is 0.458. The first kappa shape index (κ1) is 17.6. The highest BCUT2D eigenvalue weighted by Crippen LogP contribution is 2.40. The summed E-state index contributed by atoms with van der Waals surface area (Å²) in [7, 11) is 0. The van der Waals surface area contributed by atoms with Gasteiger partial charge in [0.15, 0.2) is 0 Å². The van der Waals surface area contributed by atoms with Crippen LogP contribution in [0.15, 0.2) is 21.1 Å². The fourth-order valence-corrected chi connectivity index (χ4v) is 5.36. The van der Waals surface area contributed by atoms with Gasteiger partial charge in [0.05, 0.1) is 15.6 Å². The Morgan fingerprint density at radius 1 is 1.24 bits per heavy atom. The number of hydrogen-bond donors (Lipinski definition) is 1. The van der Waals surface area contributed by atoms with E-state index in [1.807, 2.05) is 18.7 Å². The number of thioether (sulfide) groups is 1. The van der Waals surface area contributed by atoms with Crippen LogP contribution in [0.5, 0.6) is 5.75 Å². The normalized spacial score (nSPS) is 17.1. The second-order valence-electron chi connectivity index (χ2n) is 5.52. The fourth-order valence-electron chi connectivity index (χ4n) is 2.90. The summed E-state index contributed by atoms with van der Waals surface area (Å²) < 4.78 is 8.10. The lowest BCUT2D eigenvalue weighted by Gasteiger charge is -2.27. The third kappa shape index (κ3) is 4.63. The van der Waals surface area contributed by atoms with Crippen molar-refractivity contribution in [2.45, 2.75) is 43.9 Å². The van der Waals surface area contributed by atoms with Crippen molar-refractivity contribution in [2.24, 2.45) is 0 Å². The predicted octanol–water partition coefficient (Wildman–Crippen LogP) is 5.38. The third-order valence-electron chi connectivity index (χ3n) is 4.07. The van der Waals surface area contributed by atoms with Crippen molar-refractivity contribution in [1.29, 1.82) is 0 Å². The van der Waals surface area contributed by atoms with Gasteiger partial charge in [0.2, 0.25) is 0 Å². The highest BCUT2D eigenvalue weighted by Gasteiger charge is 2.32. The van der Waals surface area contributed by atoms with Gasteiger partial charge in [-0.05, 0) is 75.6 Å². The Kier molecular flexibility index (Phi) is 6.91. The summed E-state index contributed by atoms with van der Waals surface area (Å²) in [6, 6.07) is 4.28. The molecule has 1 aliphatic rings. The van der Waals surface area contributed by atoms with E-state index in [1.54, 1.807) is 0 Å². The molecular weight excluding hydrogens is 414 g/mol. The van der Waals surface area contributed by atoms with Crippen LogP contribution in [0.4, 0.5) is 0 Å². The highest BCUT2D eigenvalue weighted by molar-refractivity contribution is 9.11. The van der Waals surface area contributed by atoms with Gasteiger partial charge in [0, 0.05) is 17.8 Å². The van der Waals surface area contributed by atoms with Crippen molar-refractivity contribution in [3.05, 3.63) is 26.6 Å². The zero-order chi connectivity index (χ0) is 15.3. The Bertz CT molecular complexity index is 452. The Balaban J connectivity index is 1.94. The first-order valence-electron chi connectivity index (χ1n) is 7.47. The molecule has 1 saturated carbocycles. The third-order valence-corrected chi connectivity index (χ3v) is 6.67. The minimum absolute atomic E-state index is 0.458. The molecule has 1 N–H and O–H groups in total.